The van der Waals surface area contributed by atoms with Crippen molar-refractivity contribution in [2.45, 2.75) is 12.5 Å². The third-order valence-corrected chi connectivity index (χ3v) is 4.55. The number of hydrazine groups is 1. The second-order valence-electron chi connectivity index (χ2n) is 6.23. The zero-order chi connectivity index (χ0) is 21.5. The fourth-order valence-electron chi connectivity index (χ4n) is 2.89. The van der Waals surface area contributed by atoms with Crippen LogP contribution in [0.5, 0.6) is 5.75 Å². The largest absolute Gasteiger partial charge is 0.486 e. The van der Waals surface area contributed by atoms with Crippen LogP contribution in [0.3, 0.4) is 0 Å². The quantitative estimate of drug-likeness (QED) is 0.273. The smallest absolute Gasteiger partial charge is 0.204 e. The van der Waals surface area contributed by atoms with Crippen molar-refractivity contribution in [3.63, 3.8) is 0 Å². The lowest BCUT2D eigenvalue weighted by Crippen LogP contribution is -2.18. The van der Waals surface area contributed by atoms with E-state index in [0.717, 1.165) is 11.8 Å². The van der Waals surface area contributed by atoms with E-state index in [-0.39, 0.29) is 17.5 Å². The van der Waals surface area contributed by atoms with Gasteiger partial charge in [-0.05, 0) is 24.3 Å². The number of hydrogen-bond donors (Lipinski definition) is 4. The Labute approximate surface area is 176 Å². The molecule has 0 bridgehead atoms. The van der Waals surface area contributed by atoms with Gasteiger partial charge < -0.3 is 25.9 Å². The van der Waals surface area contributed by atoms with Gasteiger partial charge in [-0.2, -0.15) is 0 Å². The molecule has 2 heterocycles. The van der Waals surface area contributed by atoms with Gasteiger partial charge in [0.05, 0.1) is 29.4 Å². The van der Waals surface area contributed by atoms with Gasteiger partial charge in [0.2, 0.25) is 6.41 Å². The van der Waals surface area contributed by atoms with Gasteiger partial charge in [0, 0.05) is 23.6 Å². The molecule has 30 heavy (non-hydrogen) atoms. The first-order chi connectivity index (χ1) is 14.5. The predicted molar refractivity (Wildman–Crippen MR) is 112 cm³/mol. The lowest BCUT2D eigenvalue weighted by molar-refractivity contribution is -0.106. The summed E-state index contributed by atoms with van der Waals surface area (Å²) < 4.78 is 24.7. The van der Waals surface area contributed by atoms with Crippen molar-refractivity contribution >= 4 is 46.1 Å². The Morgan fingerprint density at radius 3 is 2.77 bits per heavy atom. The van der Waals surface area contributed by atoms with Crippen LogP contribution >= 0.6 is 11.6 Å². The van der Waals surface area contributed by atoms with Crippen LogP contribution in [-0.2, 0) is 9.53 Å². The number of nitrogens with zero attached hydrogens (tertiary/aromatic N) is 2. The number of nitrogens with two attached hydrogens (primary N) is 2. The molecule has 0 radical (unpaired) electrons. The summed E-state index contributed by atoms with van der Waals surface area (Å²) in [7, 11) is 0. The number of primary amides is 1. The standard InChI is InChI=1S/C18H17ClFN5O2.CH3NO/c19-13-5-10(1-2-14(13)20)24-18-12-6-16(25-21)17(7-15(12)22-9-23-18)27-11-3-4-26-8-11;2-1-3/h1-2,5-7,9,11,25H,3-4,8,21H2,(H,22,23,24);1H,(H2,2,3)/t11-;/m0./s1. The van der Waals surface area contributed by atoms with Gasteiger partial charge in [-0.25, -0.2) is 14.4 Å². The molecule has 1 aliphatic heterocycles. The normalized spacial score (nSPS) is 15.2. The van der Waals surface area contributed by atoms with Gasteiger partial charge in [-0.3, -0.25) is 10.6 Å². The fourth-order valence-corrected chi connectivity index (χ4v) is 3.07. The summed E-state index contributed by atoms with van der Waals surface area (Å²) in [6.45, 7) is 1.23. The molecule has 0 saturated carbocycles. The topological polar surface area (TPSA) is 137 Å². The highest BCUT2D eigenvalue weighted by molar-refractivity contribution is 6.31. The summed E-state index contributed by atoms with van der Waals surface area (Å²) in [5, 5.41) is 3.88. The summed E-state index contributed by atoms with van der Waals surface area (Å²) >= 11 is 5.85. The molecule has 1 saturated heterocycles. The fraction of sp³-hybridized carbons (Fsp3) is 0.211. The van der Waals surface area contributed by atoms with Gasteiger partial charge in [0.25, 0.3) is 0 Å². The van der Waals surface area contributed by atoms with Crippen LogP contribution in [0, 0.1) is 5.82 Å². The Balaban J connectivity index is 0.000000806. The number of ether oxygens (including phenoxy) is 2. The second-order valence-corrected chi connectivity index (χ2v) is 6.63. The van der Waals surface area contributed by atoms with Gasteiger partial charge in [-0.15, -0.1) is 0 Å². The molecular weight excluding hydrogens is 415 g/mol. The van der Waals surface area contributed by atoms with Crippen molar-refractivity contribution in [3.8, 4) is 5.75 Å². The van der Waals surface area contributed by atoms with E-state index in [1.807, 2.05) is 0 Å². The van der Waals surface area contributed by atoms with Crippen LogP contribution in [0.15, 0.2) is 36.7 Å². The second kappa shape index (κ2) is 10.0. The molecule has 3 aromatic rings. The van der Waals surface area contributed by atoms with Crippen molar-refractivity contribution in [3.05, 3.63) is 47.5 Å². The highest BCUT2D eigenvalue weighted by atomic mass is 35.5. The van der Waals surface area contributed by atoms with Crippen molar-refractivity contribution in [1.82, 2.24) is 9.97 Å². The van der Waals surface area contributed by atoms with Crippen LogP contribution < -0.4 is 27.1 Å². The number of amides is 1. The number of halogens is 2. The molecule has 158 valence electrons. The first-order valence-corrected chi connectivity index (χ1v) is 9.30. The number of rotatable bonds is 5. The average Bonchev–Trinajstić information content (AvgIpc) is 3.24. The zero-order valence-electron chi connectivity index (χ0n) is 15.8. The van der Waals surface area contributed by atoms with Crippen molar-refractivity contribution < 1.29 is 18.7 Å². The minimum Gasteiger partial charge on any atom is -0.486 e. The minimum atomic E-state index is -0.484. The summed E-state index contributed by atoms with van der Waals surface area (Å²) in [5.74, 6) is 6.32. The molecule has 1 atom stereocenters. The lowest BCUT2D eigenvalue weighted by atomic mass is 10.2. The minimum absolute atomic E-state index is 0.0182. The third kappa shape index (κ3) is 5.03. The van der Waals surface area contributed by atoms with E-state index >= 15 is 0 Å². The monoisotopic (exact) mass is 434 g/mol. The van der Waals surface area contributed by atoms with Crippen LogP contribution in [-0.4, -0.2) is 35.7 Å². The molecule has 11 heteroatoms. The molecule has 4 rings (SSSR count). The van der Waals surface area contributed by atoms with Crippen molar-refractivity contribution in [2.75, 3.05) is 24.0 Å². The molecule has 9 nitrogen and oxygen atoms in total. The van der Waals surface area contributed by atoms with E-state index in [4.69, 9.17) is 31.7 Å². The number of anilines is 3. The summed E-state index contributed by atoms with van der Waals surface area (Å²) in [6, 6.07) is 7.96. The Hall–Kier alpha value is -3.21. The Bertz CT molecular complexity index is 1030. The highest BCUT2D eigenvalue weighted by Gasteiger charge is 2.20. The summed E-state index contributed by atoms with van der Waals surface area (Å²) in [4.78, 5) is 17.2. The molecule has 1 aliphatic rings. The molecule has 6 N–H and O–H groups in total. The molecule has 0 spiro atoms. The van der Waals surface area contributed by atoms with Crippen LogP contribution in [0.1, 0.15) is 6.42 Å². The first kappa shape index (κ1) is 21.5. The van der Waals surface area contributed by atoms with Gasteiger partial charge >= 0.3 is 0 Å². The number of hydrogen-bond acceptors (Lipinski definition) is 8. The molecular formula is C19H20ClFN6O3. The van der Waals surface area contributed by atoms with E-state index in [1.165, 1.54) is 18.5 Å². The number of carbonyl (C=O) groups excluding carboxylic acids is 1. The maximum absolute atomic E-state index is 13.4. The van der Waals surface area contributed by atoms with Crippen molar-refractivity contribution in [2.24, 2.45) is 11.6 Å². The molecule has 0 aliphatic carbocycles. The lowest BCUT2D eigenvalue weighted by Gasteiger charge is -2.17. The number of carbonyl (C=O) groups is 1. The summed E-state index contributed by atoms with van der Waals surface area (Å²) in [6.07, 6.45) is 2.49. The maximum atomic E-state index is 13.4. The Morgan fingerprint density at radius 1 is 1.30 bits per heavy atom. The molecule has 2 aromatic carbocycles. The predicted octanol–water partition coefficient (Wildman–Crippen LogP) is 2.72. The van der Waals surface area contributed by atoms with Gasteiger partial charge in [0.15, 0.2) is 0 Å². The van der Waals surface area contributed by atoms with Gasteiger partial charge in [0.1, 0.15) is 29.8 Å². The molecule has 1 fully saturated rings. The summed E-state index contributed by atoms with van der Waals surface area (Å²) in [5.41, 5.74) is 8.70. The van der Waals surface area contributed by atoms with E-state index in [9.17, 15) is 4.39 Å². The van der Waals surface area contributed by atoms with Crippen LogP contribution in [0.25, 0.3) is 10.9 Å². The van der Waals surface area contributed by atoms with E-state index < -0.39 is 5.82 Å². The van der Waals surface area contributed by atoms with E-state index in [0.29, 0.717) is 41.7 Å². The third-order valence-electron chi connectivity index (χ3n) is 4.26. The molecule has 0 unspecified atom stereocenters. The highest BCUT2D eigenvalue weighted by Crippen LogP contribution is 2.34. The van der Waals surface area contributed by atoms with E-state index in [1.54, 1.807) is 18.2 Å². The van der Waals surface area contributed by atoms with E-state index in [2.05, 4.69) is 26.4 Å². The molecule has 1 amide bonds. The number of nitrogen functional groups attached to an aromatic ring is 1. The number of benzene rings is 2. The maximum Gasteiger partial charge on any atom is 0.204 e. The van der Waals surface area contributed by atoms with Crippen LogP contribution in [0.4, 0.5) is 21.6 Å². The first-order valence-electron chi connectivity index (χ1n) is 8.93. The number of fused-ring (bicyclic) bond motifs is 1. The Kier molecular flexibility index (Phi) is 7.17. The number of nitrogens with one attached hydrogen (secondary N) is 2. The van der Waals surface area contributed by atoms with Crippen LogP contribution in [0.2, 0.25) is 5.02 Å². The SMILES string of the molecule is NC=O.NNc1cc2c(Nc3ccc(F)c(Cl)c3)ncnc2cc1O[C@H]1CCOC1. The number of aromatic nitrogens is 2. The Morgan fingerprint density at radius 2 is 2.10 bits per heavy atom. The molecule has 1 aromatic heterocycles. The average molecular weight is 435 g/mol. The van der Waals surface area contributed by atoms with Crippen molar-refractivity contribution in [1.29, 1.82) is 0 Å². The van der Waals surface area contributed by atoms with Gasteiger partial charge in [-0.1, -0.05) is 11.6 Å². The zero-order valence-corrected chi connectivity index (χ0v) is 16.5.